The summed E-state index contributed by atoms with van der Waals surface area (Å²) in [6.45, 7) is 2.04. The van der Waals surface area contributed by atoms with Crippen molar-refractivity contribution in [2.24, 2.45) is 0 Å². The SMILES string of the molecule is CCS(=O)(=O)N(C)CCCNC(=O)CS(=O)(=O)Cc1cccc(Br)c1. The summed E-state index contributed by atoms with van der Waals surface area (Å²) in [6, 6.07) is 6.90. The van der Waals surface area contributed by atoms with Crippen molar-refractivity contribution in [3.05, 3.63) is 34.3 Å². The second-order valence-corrected chi connectivity index (χ2v) is 10.9. The monoisotopic (exact) mass is 454 g/mol. The first-order chi connectivity index (χ1) is 11.6. The van der Waals surface area contributed by atoms with Crippen molar-refractivity contribution in [3.63, 3.8) is 0 Å². The maximum absolute atomic E-state index is 12.1. The van der Waals surface area contributed by atoms with Gasteiger partial charge in [-0.25, -0.2) is 21.1 Å². The summed E-state index contributed by atoms with van der Waals surface area (Å²) in [6.07, 6.45) is 0.410. The number of rotatable bonds is 10. The number of sulfone groups is 1. The highest BCUT2D eigenvalue weighted by Gasteiger charge is 2.18. The number of benzene rings is 1. The third kappa shape index (κ3) is 8.30. The van der Waals surface area contributed by atoms with Crippen molar-refractivity contribution in [3.8, 4) is 0 Å². The summed E-state index contributed by atoms with van der Waals surface area (Å²) in [4.78, 5) is 11.8. The fourth-order valence-electron chi connectivity index (χ4n) is 2.07. The summed E-state index contributed by atoms with van der Waals surface area (Å²) in [7, 11) is -5.34. The Bertz CT molecular complexity index is 794. The van der Waals surface area contributed by atoms with Gasteiger partial charge in [0, 0.05) is 24.6 Å². The van der Waals surface area contributed by atoms with Crippen molar-refractivity contribution in [2.45, 2.75) is 19.1 Å². The number of carbonyl (C=O) groups is 1. The van der Waals surface area contributed by atoms with E-state index in [-0.39, 0.29) is 24.6 Å². The van der Waals surface area contributed by atoms with Crippen LogP contribution in [0.15, 0.2) is 28.7 Å². The smallest absolute Gasteiger partial charge is 0.235 e. The molecule has 142 valence electrons. The van der Waals surface area contributed by atoms with Crippen molar-refractivity contribution < 1.29 is 21.6 Å². The molecule has 1 aromatic carbocycles. The maximum atomic E-state index is 12.1. The fraction of sp³-hybridized carbons (Fsp3) is 0.533. The van der Waals surface area contributed by atoms with E-state index in [1.165, 1.54) is 11.4 Å². The van der Waals surface area contributed by atoms with Crippen LogP contribution >= 0.6 is 15.9 Å². The Labute approximate surface area is 157 Å². The Morgan fingerprint density at radius 2 is 1.92 bits per heavy atom. The van der Waals surface area contributed by atoms with E-state index >= 15 is 0 Å². The van der Waals surface area contributed by atoms with Gasteiger partial charge in [-0.15, -0.1) is 0 Å². The molecule has 0 spiro atoms. The molecule has 10 heteroatoms. The molecule has 1 rings (SSSR count). The first-order valence-electron chi connectivity index (χ1n) is 7.71. The van der Waals surface area contributed by atoms with Gasteiger partial charge in [0.1, 0.15) is 5.75 Å². The highest BCUT2D eigenvalue weighted by molar-refractivity contribution is 9.10. The summed E-state index contributed by atoms with van der Waals surface area (Å²) in [5.74, 6) is -1.38. The van der Waals surface area contributed by atoms with Gasteiger partial charge in [-0.3, -0.25) is 4.79 Å². The van der Waals surface area contributed by atoms with E-state index in [0.29, 0.717) is 12.0 Å². The zero-order valence-corrected chi connectivity index (χ0v) is 17.5. The van der Waals surface area contributed by atoms with E-state index in [1.54, 1.807) is 31.2 Å². The molecule has 0 aliphatic rings. The molecule has 0 atom stereocenters. The summed E-state index contributed by atoms with van der Waals surface area (Å²) < 4.78 is 49.3. The summed E-state index contributed by atoms with van der Waals surface area (Å²) >= 11 is 3.27. The molecule has 0 fully saturated rings. The van der Waals surface area contributed by atoms with Gasteiger partial charge in [-0.2, -0.15) is 0 Å². The van der Waals surface area contributed by atoms with Crippen LogP contribution in [0.3, 0.4) is 0 Å². The molecule has 7 nitrogen and oxygen atoms in total. The van der Waals surface area contributed by atoms with E-state index in [2.05, 4.69) is 21.2 Å². The molecule has 0 aromatic heterocycles. The maximum Gasteiger partial charge on any atom is 0.235 e. The van der Waals surface area contributed by atoms with E-state index in [0.717, 1.165) is 4.47 Å². The molecule has 0 bridgehead atoms. The van der Waals surface area contributed by atoms with Crippen LogP contribution < -0.4 is 5.32 Å². The van der Waals surface area contributed by atoms with Crippen LogP contribution in [0.5, 0.6) is 0 Å². The minimum atomic E-state index is -3.57. The Morgan fingerprint density at radius 3 is 2.52 bits per heavy atom. The van der Waals surface area contributed by atoms with E-state index in [1.807, 2.05) is 0 Å². The third-order valence-corrected chi connectivity index (χ3v) is 7.27. The van der Waals surface area contributed by atoms with Gasteiger partial charge in [-0.1, -0.05) is 28.1 Å². The Morgan fingerprint density at radius 1 is 1.24 bits per heavy atom. The lowest BCUT2D eigenvalue weighted by Crippen LogP contribution is -2.34. The number of hydrogen-bond donors (Lipinski definition) is 1. The first-order valence-corrected chi connectivity index (χ1v) is 11.9. The zero-order chi connectivity index (χ0) is 19.1. The number of nitrogens with zero attached hydrogens (tertiary/aromatic N) is 1. The van der Waals surface area contributed by atoms with Gasteiger partial charge in [0.25, 0.3) is 0 Å². The van der Waals surface area contributed by atoms with Crippen molar-refractivity contribution in [1.82, 2.24) is 9.62 Å². The quantitative estimate of drug-likeness (QED) is 0.534. The number of hydrogen-bond acceptors (Lipinski definition) is 5. The first kappa shape index (κ1) is 22.1. The lowest BCUT2D eigenvalue weighted by atomic mass is 10.2. The minimum absolute atomic E-state index is 0.0176. The fourth-order valence-corrected chi connectivity index (χ4v) is 4.66. The molecule has 1 amide bonds. The molecule has 0 aliphatic heterocycles. The normalized spacial score (nSPS) is 12.3. The highest BCUT2D eigenvalue weighted by Crippen LogP contribution is 2.14. The second-order valence-electron chi connectivity index (χ2n) is 5.59. The molecular weight excluding hydrogens is 432 g/mol. The minimum Gasteiger partial charge on any atom is -0.355 e. The van der Waals surface area contributed by atoms with E-state index in [4.69, 9.17) is 0 Å². The van der Waals surface area contributed by atoms with Gasteiger partial charge in [-0.05, 0) is 31.0 Å². The molecule has 0 radical (unpaired) electrons. The van der Waals surface area contributed by atoms with E-state index in [9.17, 15) is 21.6 Å². The second kappa shape index (κ2) is 9.65. The van der Waals surface area contributed by atoms with E-state index < -0.39 is 31.5 Å². The molecular formula is C15H23BrN2O5S2. The standard InChI is InChI=1S/C15H23BrN2O5S2/c1-3-25(22,23)18(2)9-5-8-17-15(19)12-24(20,21)11-13-6-4-7-14(16)10-13/h4,6-7,10H,3,5,8-9,11-12H2,1-2H3,(H,17,19). The molecule has 0 saturated heterocycles. The van der Waals surface area contributed by atoms with Crippen LogP contribution in [0, 0.1) is 0 Å². The van der Waals surface area contributed by atoms with Crippen LogP contribution in [0.1, 0.15) is 18.9 Å². The van der Waals surface area contributed by atoms with Crippen LogP contribution in [0.25, 0.3) is 0 Å². The Kier molecular flexibility index (Phi) is 8.52. The highest BCUT2D eigenvalue weighted by atomic mass is 79.9. The predicted octanol–water partition coefficient (Wildman–Crippen LogP) is 1.15. The lowest BCUT2D eigenvalue weighted by molar-refractivity contribution is -0.118. The number of halogens is 1. The van der Waals surface area contributed by atoms with Gasteiger partial charge in [0.2, 0.25) is 15.9 Å². The van der Waals surface area contributed by atoms with Crippen LogP contribution in [0.2, 0.25) is 0 Å². The topological polar surface area (TPSA) is 101 Å². The number of amides is 1. The summed E-state index contributed by atoms with van der Waals surface area (Å²) in [5.41, 5.74) is 0.605. The van der Waals surface area contributed by atoms with Crippen LogP contribution in [-0.2, 0) is 30.4 Å². The van der Waals surface area contributed by atoms with Crippen molar-refractivity contribution in [2.75, 3.05) is 31.6 Å². The number of nitrogens with one attached hydrogen (secondary N) is 1. The molecule has 0 saturated carbocycles. The zero-order valence-electron chi connectivity index (χ0n) is 14.2. The van der Waals surface area contributed by atoms with Crippen LogP contribution in [-0.4, -0.2) is 58.7 Å². The predicted molar refractivity (Wildman–Crippen MR) is 101 cm³/mol. The van der Waals surface area contributed by atoms with Gasteiger partial charge >= 0.3 is 0 Å². The van der Waals surface area contributed by atoms with Gasteiger partial charge < -0.3 is 5.32 Å². The molecule has 1 N–H and O–H groups in total. The number of sulfonamides is 1. The molecule has 1 aromatic rings. The molecule has 25 heavy (non-hydrogen) atoms. The average Bonchev–Trinajstić information content (AvgIpc) is 2.50. The largest absolute Gasteiger partial charge is 0.355 e. The Hall–Kier alpha value is -0.970. The lowest BCUT2D eigenvalue weighted by Gasteiger charge is -2.15. The number of carbonyl (C=O) groups excluding carboxylic acids is 1. The molecule has 0 heterocycles. The average molecular weight is 455 g/mol. The van der Waals surface area contributed by atoms with Crippen LogP contribution in [0.4, 0.5) is 0 Å². The summed E-state index contributed by atoms with van der Waals surface area (Å²) in [5, 5.41) is 2.51. The molecule has 0 aliphatic carbocycles. The molecule has 0 unspecified atom stereocenters. The van der Waals surface area contributed by atoms with Crippen molar-refractivity contribution in [1.29, 1.82) is 0 Å². The third-order valence-electron chi connectivity index (χ3n) is 3.44. The van der Waals surface area contributed by atoms with Gasteiger partial charge in [0.15, 0.2) is 9.84 Å². The van der Waals surface area contributed by atoms with Gasteiger partial charge in [0.05, 0.1) is 11.5 Å². The Balaban J connectivity index is 2.41. The van der Waals surface area contributed by atoms with Crippen molar-refractivity contribution >= 4 is 41.7 Å².